The molecule has 1 aromatic heterocycles. The molecular formula is C20H36IN7OS. The largest absolute Gasteiger partial charge is 0.357 e. The van der Waals surface area contributed by atoms with Gasteiger partial charge in [0.05, 0.1) is 0 Å². The van der Waals surface area contributed by atoms with Gasteiger partial charge in [-0.1, -0.05) is 24.6 Å². The van der Waals surface area contributed by atoms with Crippen molar-refractivity contribution in [3.63, 3.8) is 0 Å². The molecule has 8 nitrogen and oxygen atoms in total. The van der Waals surface area contributed by atoms with Crippen molar-refractivity contribution < 1.29 is 4.79 Å². The van der Waals surface area contributed by atoms with Crippen molar-refractivity contribution >= 4 is 47.6 Å². The molecule has 0 bridgehead atoms. The summed E-state index contributed by atoms with van der Waals surface area (Å²) in [6.07, 6.45) is 9.05. The molecule has 10 heteroatoms. The first kappa shape index (κ1) is 25.2. The molecule has 1 aliphatic heterocycles. The predicted octanol–water partition coefficient (Wildman–Crippen LogP) is 2.80. The molecule has 2 heterocycles. The van der Waals surface area contributed by atoms with Gasteiger partial charge in [-0.05, 0) is 32.4 Å². The van der Waals surface area contributed by atoms with Crippen LogP contribution in [0.3, 0.4) is 0 Å². The van der Waals surface area contributed by atoms with Gasteiger partial charge in [0.15, 0.2) is 11.1 Å². The number of halogens is 1. The number of aliphatic imine (C=N–C) groups is 1. The average molecular weight is 550 g/mol. The van der Waals surface area contributed by atoms with Crippen molar-refractivity contribution in [2.45, 2.75) is 63.6 Å². The van der Waals surface area contributed by atoms with Crippen LogP contribution in [0.1, 0.15) is 57.8 Å². The zero-order chi connectivity index (χ0) is 20.6. The molecular weight excluding hydrogens is 513 g/mol. The Morgan fingerprint density at radius 2 is 1.83 bits per heavy atom. The van der Waals surface area contributed by atoms with E-state index < -0.39 is 0 Å². The summed E-state index contributed by atoms with van der Waals surface area (Å²) < 4.78 is 2.38. The molecule has 0 atom stereocenters. The lowest BCUT2D eigenvalue weighted by Crippen LogP contribution is -2.53. The molecule has 1 N–H and O–H groups in total. The van der Waals surface area contributed by atoms with Crippen LogP contribution in [0.2, 0.25) is 0 Å². The fraction of sp³-hybridized carbons (Fsp3) is 0.800. The Balaban J connectivity index is 0.00000320. The SMILES string of the molecule is CCNC(=NCCCc1nnc(SC)n1C1CCCC1)N1CCN(C(C)=O)CC1.I. The molecule has 2 aliphatic rings. The van der Waals surface area contributed by atoms with Crippen LogP contribution in [0, 0.1) is 0 Å². The number of thioether (sulfide) groups is 1. The maximum Gasteiger partial charge on any atom is 0.219 e. The number of carbonyl (C=O) groups excluding carboxylic acids is 1. The van der Waals surface area contributed by atoms with E-state index >= 15 is 0 Å². The molecule has 1 saturated carbocycles. The molecule has 1 saturated heterocycles. The van der Waals surface area contributed by atoms with Gasteiger partial charge in [0.2, 0.25) is 5.91 Å². The van der Waals surface area contributed by atoms with E-state index in [0.29, 0.717) is 6.04 Å². The predicted molar refractivity (Wildman–Crippen MR) is 133 cm³/mol. The fourth-order valence-corrected chi connectivity index (χ4v) is 4.80. The summed E-state index contributed by atoms with van der Waals surface area (Å²) in [5.41, 5.74) is 0. The molecule has 0 spiro atoms. The number of guanidine groups is 1. The molecule has 170 valence electrons. The number of piperazine rings is 1. The van der Waals surface area contributed by atoms with Crippen molar-refractivity contribution in [3.8, 4) is 0 Å². The summed E-state index contributed by atoms with van der Waals surface area (Å²) >= 11 is 1.69. The normalized spacial score (nSPS) is 17.9. The highest BCUT2D eigenvalue weighted by Gasteiger charge is 2.23. The summed E-state index contributed by atoms with van der Waals surface area (Å²) in [5, 5.41) is 13.3. The molecule has 1 aromatic rings. The lowest BCUT2D eigenvalue weighted by molar-refractivity contribution is -0.130. The highest BCUT2D eigenvalue weighted by Crippen LogP contribution is 2.33. The standard InChI is InChI=1S/C20H35N7OS.HI/c1-4-21-19(26-14-12-25(13-15-26)16(2)28)22-11-7-10-18-23-24-20(29-3)27(18)17-8-5-6-9-17;/h17H,4-15H2,1-3H3,(H,21,22);1H. The molecule has 1 aliphatic carbocycles. The number of aromatic nitrogens is 3. The number of hydrogen-bond donors (Lipinski definition) is 1. The lowest BCUT2D eigenvalue weighted by atomic mass is 10.2. The smallest absolute Gasteiger partial charge is 0.219 e. The van der Waals surface area contributed by atoms with Gasteiger partial charge in [-0.25, -0.2) is 0 Å². The van der Waals surface area contributed by atoms with Crippen LogP contribution < -0.4 is 5.32 Å². The van der Waals surface area contributed by atoms with E-state index in [4.69, 9.17) is 4.99 Å². The van der Waals surface area contributed by atoms with Gasteiger partial charge in [-0.2, -0.15) is 0 Å². The molecule has 0 aromatic carbocycles. The van der Waals surface area contributed by atoms with Crippen molar-refractivity contribution in [1.82, 2.24) is 29.9 Å². The first-order valence-electron chi connectivity index (χ1n) is 10.9. The average Bonchev–Trinajstić information content (AvgIpc) is 3.39. The monoisotopic (exact) mass is 549 g/mol. The van der Waals surface area contributed by atoms with Gasteiger partial charge < -0.3 is 19.7 Å². The summed E-state index contributed by atoms with van der Waals surface area (Å²) in [5.74, 6) is 2.22. The lowest BCUT2D eigenvalue weighted by Gasteiger charge is -2.36. The minimum Gasteiger partial charge on any atom is -0.357 e. The second-order valence-corrected chi connectivity index (χ2v) is 8.52. The Bertz CT molecular complexity index is 697. The Morgan fingerprint density at radius 3 is 2.43 bits per heavy atom. The van der Waals surface area contributed by atoms with E-state index in [1.807, 2.05) is 4.90 Å². The van der Waals surface area contributed by atoms with Crippen molar-refractivity contribution in [1.29, 1.82) is 0 Å². The third-order valence-corrected chi connectivity index (χ3v) is 6.43. The summed E-state index contributed by atoms with van der Waals surface area (Å²) in [4.78, 5) is 20.5. The highest BCUT2D eigenvalue weighted by atomic mass is 127. The minimum absolute atomic E-state index is 0. The number of amides is 1. The Kier molecular flexibility index (Phi) is 10.7. The highest BCUT2D eigenvalue weighted by molar-refractivity contribution is 14.0. The van der Waals surface area contributed by atoms with Gasteiger partial charge in [0, 0.05) is 58.7 Å². The van der Waals surface area contributed by atoms with Gasteiger partial charge in [0.25, 0.3) is 0 Å². The van der Waals surface area contributed by atoms with E-state index in [9.17, 15) is 4.79 Å². The zero-order valence-corrected chi connectivity index (χ0v) is 21.6. The Hall–Kier alpha value is -1.04. The third-order valence-electron chi connectivity index (χ3n) is 5.79. The molecule has 3 rings (SSSR count). The molecule has 30 heavy (non-hydrogen) atoms. The van der Waals surface area contributed by atoms with Crippen LogP contribution in [0.25, 0.3) is 0 Å². The number of rotatable bonds is 7. The van der Waals surface area contributed by atoms with Crippen LogP contribution in [-0.2, 0) is 11.2 Å². The van der Waals surface area contributed by atoms with Crippen LogP contribution in [-0.4, -0.2) is 82.0 Å². The van der Waals surface area contributed by atoms with E-state index in [2.05, 4.69) is 38.2 Å². The number of hydrogen-bond acceptors (Lipinski definition) is 5. The Morgan fingerprint density at radius 1 is 1.17 bits per heavy atom. The molecule has 1 amide bonds. The van der Waals surface area contributed by atoms with E-state index in [1.54, 1.807) is 18.7 Å². The van der Waals surface area contributed by atoms with Crippen molar-refractivity contribution in [2.75, 3.05) is 45.5 Å². The molecule has 2 fully saturated rings. The first-order chi connectivity index (χ1) is 14.1. The minimum atomic E-state index is 0. The van der Waals surface area contributed by atoms with Crippen LogP contribution in [0.4, 0.5) is 0 Å². The molecule has 0 radical (unpaired) electrons. The van der Waals surface area contributed by atoms with Crippen LogP contribution >= 0.6 is 35.7 Å². The maximum absolute atomic E-state index is 11.5. The number of aryl methyl sites for hydroxylation is 1. The van der Waals surface area contributed by atoms with Crippen LogP contribution in [0.15, 0.2) is 10.1 Å². The summed E-state index contributed by atoms with van der Waals surface area (Å²) in [6.45, 7) is 8.54. The second-order valence-electron chi connectivity index (χ2n) is 7.74. The van der Waals surface area contributed by atoms with Crippen LogP contribution in [0.5, 0.6) is 0 Å². The summed E-state index contributed by atoms with van der Waals surface area (Å²) in [7, 11) is 0. The quantitative estimate of drug-likeness (QED) is 0.185. The summed E-state index contributed by atoms with van der Waals surface area (Å²) in [6, 6.07) is 0.570. The van der Waals surface area contributed by atoms with E-state index in [0.717, 1.165) is 69.1 Å². The fourth-order valence-electron chi connectivity index (χ4n) is 4.23. The maximum atomic E-state index is 11.5. The number of nitrogens with one attached hydrogen (secondary N) is 1. The van der Waals surface area contributed by atoms with E-state index in [-0.39, 0.29) is 29.9 Å². The van der Waals surface area contributed by atoms with Gasteiger partial charge in [-0.15, -0.1) is 34.2 Å². The molecule has 0 unspecified atom stereocenters. The second kappa shape index (κ2) is 12.7. The Labute approximate surface area is 201 Å². The van der Waals surface area contributed by atoms with E-state index in [1.165, 1.54) is 25.7 Å². The van der Waals surface area contributed by atoms with Gasteiger partial charge in [-0.3, -0.25) is 9.79 Å². The topological polar surface area (TPSA) is 78.7 Å². The third kappa shape index (κ3) is 6.48. The zero-order valence-electron chi connectivity index (χ0n) is 18.5. The van der Waals surface area contributed by atoms with Gasteiger partial charge in [0.1, 0.15) is 5.82 Å². The first-order valence-corrected chi connectivity index (χ1v) is 12.1. The van der Waals surface area contributed by atoms with Gasteiger partial charge >= 0.3 is 0 Å². The number of nitrogens with zero attached hydrogens (tertiary/aromatic N) is 6. The van der Waals surface area contributed by atoms with Crippen molar-refractivity contribution in [3.05, 3.63) is 5.82 Å². The van der Waals surface area contributed by atoms with Crippen molar-refractivity contribution in [2.24, 2.45) is 4.99 Å². The number of carbonyl (C=O) groups is 1.